The molecule has 3 rings (SSSR count). The molecule has 0 aliphatic heterocycles. The van der Waals surface area contributed by atoms with Crippen LogP contribution < -0.4 is 5.32 Å². The monoisotopic (exact) mass is 427 g/mol. The van der Waals surface area contributed by atoms with Crippen LogP contribution in [0.25, 0.3) is 0 Å². The van der Waals surface area contributed by atoms with Gasteiger partial charge in [0.25, 0.3) is 0 Å². The molecule has 0 heterocycles. The van der Waals surface area contributed by atoms with Crippen molar-refractivity contribution in [1.82, 2.24) is 0 Å². The van der Waals surface area contributed by atoms with Crippen molar-refractivity contribution in [3.05, 3.63) is 95.1 Å². The lowest BCUT2D eigenvalue weighted by Gasteiger charge is -2.09. The number of aryl methyl sites for hydroxylation is 2. The summed E-state index contributed by atoms with van der Waals surface area (Å²) >= 11 is 0. The summed E-state index contributed by atoms with van der Waals surface area (Å²) < 4.78 is 0. The van der Waals surface area contributed by atoms with E-state index < -0.39 is 0 Å². The van der Waals surface area contributed by atoms with Crippen LogP contribution in [0.3, 0.4) is 0 Å². The third kappa shape index (κ3) is 8.54. The molecule has 1 N–H and O–H groups in total. The Bertz CT molecular complexity index is 799. The van der Waals surface area contributed by atoms with Gasteiger partial charge in [-0.15, -0.1) is 0 Å². The maximum Gasteiger partial charge on any atom is 0.0384 e. The summed E-state index contributed by atoms with van der Waals surface area (Å²) in [5.74, 6) is 0. The highest BCUT2D eigenvalue weighted by Crippen LogP contribution is 2.20. The molecule has 0 saturated heterocycles. The maximum atomic E-state index is 3.53. The van der Waals surface area contributed by atoms with Gasteiger partial charge in [0, 0.05) is 11.4 Å². The number of anilines is 2. The van der Waals surface area contributed by atoms with Gasteiger partial charge in [-0.2, -0.15) is 0 Å². The topological polar surface area (TPSA) is 12.0 Å². The molecule has 0 aliphatic rings. The molecule has 3 aromatic rings. The van der Waals surface area contributed by atoms with Crippen molar-refractivity contribution < 1.29 is 0 Å². The van der Waals surface area contributed by atoms with Crippen molar-refractivity contribution in [3.63, 3.8) is 0 Å². The van der Waals surface area contributed by atoms with Gasteiger partial charge in [-0.1, -0.05) is 101 Å². The van der Waals surface area contributed by atoms with Crippen molar-refractivity contribution in [1.29, 1.82) is 0 Å². The largest absolute Gasteiger partial charge is 0.356 e. The molecule has 0 bridgehead atoms. The van der Waals surface area contributed by atoms with E-state index in [4.69, 9.17) is 0 Å². The quantitative estimate of drug-likeness (QED) is 0.253. The lowest BCUT2D eigenvalue weighted by atomic mass is 10.0. The first-order valence-electron chi connectivity index (χ1n) is 12.8. The summed E-state index contributed by atoms with van der Waals surface area (Å²) in [6.45, 7) is 4.53. The Kier molecular flexibility index (Phi) is 10.4. The van der Waals surface area contributed by atoms with Crippen molar-refractivity contribution in [3.8, 4) is 0 Å². The van der Waals surface area contributed by atoms with Gasteiger partial charge < -0.3 is 5.32 Å². The van der Waals surface area contributed by atoms with Gasteiger partial charge in [0.05, 0.1) is 0 Å². The minimum atomic E-state index is 0.989. The second-order valence-electron chi connectivity index (χ2n) is 9.13. The molecule has 0 saturated carbocycles. The van der Waals surface area contributed by atoms with Crippen LogP contribution in [0.4, 0.5) is 11.4 Å². The molecule has 1 nitrogen and oxygen atoms in total. The molecule has 32 heavy (non-hydrogen) atoms. The van der Waals surface area contributed by atoms with E-state index in [2.05, 4.69) is 92.0 Å². The Morgan fingerprint density at radius 1 is 0.438 bits per heavy atom. The molecule has 0 atom stereocenters. The summed E-state index contributed by atoms with van der Waals surface area (Å²) in [5, 5.41) is 3.53. The van der Waals surface area contributed by atoms with Crippen LogP contribution in [0.15, 0.2) is 72.8 Å². The fraction of sp³-hybridized carbons (Fsp3) is 0.419. The number of hydrogen-bond acceptors (Lipinski definition) is 1. The highest BCUT2D eigenvalue weighted by molar-refractivity contribution is 5.60. The SMILES string of the molecule is CCCCCCc1ccc(Cc2ccc(Nc3ccc(CCCCCC)cc3)cc2)cc1. The minimum Gasteiger partial charge on any atom is -0.356 e. The summed E-state index contributed by atoms with van der Waals surface area (Å²) in [7, 11) is 0. The Labute approximate surface area is 196 Å². The lowest BCUT2D eigenvalue weighted by Crippen LogP contribution is -1.93. The summed E-state index contributed by atoms with van der Waals surface area (Å²) in [6.07, 6.45) is 14.0. The van der Waals surface area contributed by atoms with Crippen molar-refractivity contribution in [2.45, 2.75) is 84.5 Å². The predicted octanol–water partition coefficient (Wildman–Crippen LogP) is 9.27. The third-order valence-corrected chi connectivity index (χ3v) is 6.27. The standard InChI is InChI=1S/C31H41N/c1-3-5-7-9-11-26-13-15-28(16-14-26)25-29-19-23-31(24-20-29)32-30-21-17-27(18-22-30)12-10-8-6-4-2/h13-24,32H,3-12,25H2,1-2H3. The van der Waals surface area contributed by atoms with E-state index in [1.54, 1.807) is 0 Å². The molecule has 0 fully saturated rings. The molecule has 0 aliphatic carbocycles. The molecule has 1 heteroatoms. The molecule has 0 unspecified atom stereocenters. The Morgan fingerprint density at radius 3 is 1.25 bits per heavy atom. The zero-order valence-corrected chi connectivity index (χ0v) is 20.2. The number of unbranched alkanes of at least 4 members (excludes halogenated alkanes) is 6. The van der Waals surface area contributed by atoms with Crippen LogP contribution in [0.2, 0.25) is 0 Å². The van der Waals surface area contributed by atoms with E-state index in [0.717, 1.165) is 17.8 Å². The molecule has 3 aromatic carbocycles. The van der Waals surface area contributed by atoms with Gasteiger partial charge in [-0.3, -0.25) is 0 Å². The van der Waals surface area contributed by atoms with Crippen LogP contribution in [0.5, 0.6) is 0 Å². The first-order valence-corrected chi connectivity index (χ1v) is 12.8. The van der Waals surface area contributed by atoms with Gasteiger partial charge in [-0.25, -0.2) is 0 Å². The van der Waals surface area contributed by atoms with E-state index in [1.807, 2.05) is 0 Å². The van der Waals surface area contributed by atoms with E-state index in [9.17, 15) is 0 Å². The van der Waals surface area contributed by atoms with Crippen molar-refractivity contribution >= 4 is 11.4 Å². The molecule has 0 aromatic heterocycles. The van der Waals surface area contributed by atoms with Crippen molar-refractivity contribution in [2.24, 2.45) is 0 Å². The second-order valence-corrected chi connectivity index (χ2v) is 9.13. The zero-order chi connectivity index (χ0) is 22.4. The van der Waals surface area contributed by atoms with E-state index in [1.165, 1.54) is 86.5 Å². The van der Waals surface area contributed by atoms with E-state index in [-0.39, 0.29) is 0 Å². The number of nitrogens with one attached hydrogen (secondary N) is 1. The fourth-order valence-corrected chi connectivity index (χ4v) is 4.20. The second kappa shape index (κ2) is 13.8. The molecular formula is C31H41N. The number of benzene rings is 3. The van der Waals surface area contributed by atoms with Gasteiger partial charge in [0.1, 0.15) is 0 Å². The first-order chi connectivity index (χ1) is 15.8. The summed E-state index contributed by atoms with van der Waals surface area (Å²) in [6, 6.07) is 27.0. The van der Waals surface area contributed by atoms with Crippen LogP contribution in [-0.2, 0) is 19.3 Å². The maximum absolute atomic E-state index is 3.53. The van der Waals surface area contributed by atoms with Crippen LogP contribution >= 0.6 is 0 Å². The smallest absolute Gasteiger partial charge is 0.0384 e. The van der Waals surface area contributed by atoms with Gasteiger partial charge in [-0.05, 0) is 78.6 Å². The average molecular weight is 428 g/mol. The molecule has 0 radical (unpaired) electrons. The lowest BCUT2D eigenvalue weighted by molar-refractivity contribution is 0.667. The molecular weight excluding hydrogens is 386 g/mol. The van der Waals surface area contributed by atoms with Gasteiger partial charge >= 0.3 is 0 Å². The third-order valence-electron chi connectivity index (χ3n) is 6.27. The van der Waals surface area contributed by atoms with E-state index >= 15 is 0 Å². The molecule has 170 valence electrons. The Morgan fingerprint density at radius 2 is 0.812 bits per heavy atom. The first kappa shape index (κ1) is 24.1. The zero-order valence-electron chi connectivity index (χ0n) is 20.2. The van der Waals surface area contributed by atoms with Gasteiger partial charge in [0.15, 0.2) is 0 Å². The van der Waals surface area contributed by atoms with Gasteiger partial charge in [0.2, 0.25) is 0 Å². The van der Waals surface area contributed by atoms with Crippen LogP contribution in [-0.4, -0.2) is 0 Å². The summed E-state index contributed by atoms with van der Waals surface area (Å²) in [5.41, 5.74) is 7.95. The number of rotatable bonds is 14. The Hall–Kier alpha value is -2.54. The Balaban J connectivity index is 1.45. The van der Waals surface area contributed by atoms with Crippen LogP contribution in [0.1, 0.15) is 87.5 Å². The van der Waals surface area contributed by atoms with E-state index in [0.29, 0.717) is 0 Å². The normalized spacial score (nSPS) is 10.9. The molecule has 0 amide bonds. The minimum absolute atomic E-state index is 0.989. The average Bonchev–Trinajstić information content (AvgIpc) is 2.83. The summed E-state index contributed by atoms with van der Waals surface area (Å²) in [4.78, 5) is 0. The fourth-order valence-electron chi connectivity index (χ4n) is 4.20. The molecule has 0 spiro atoms. The highest BCUT2D eigenvalue weighted by Gasteiger charge is 2.01. The van der Waals surface area contributed by atoms with Crippen molar-refractivity contribution in [2.75, 3.05) is 5.32 Å². The highest BCUT2D eigenvalue weighted by atomic mass is 14.9. The number of hydrogen-bond donors (Lipinski definition) is 1. The van der Waals surface area contributed by atoms with Crippen LogP contribution in [0, 0.1) is 0 Å². The predicted molar refractivity (Wildman–Crippen MR) is 141 cm³/mol.